The summed E-state index contributed by atoms with van der Waals surface area (Å²) >= 11 is 0. The first-order valence-electron chi connectivity index (χ1n) is 11.3. The Hall–Kier alpha value is -3.25. The lowest BCUT2D eigenvalue weighted by Crippen LogP contribution is -2.35. The third-order valence-corrected chi connectivity index (χ3v) is 5.28. The van der Waals surface area contributed by atoms with E-state index in [1.54, 1.807) is 6.07 Å². The molecule has 6 heteroatoms. The smallest absolute Gasteiger partial charge is 0.267 e. The Morgan fingerprint density at radius 2 is 1.62 bits per heavy atom. The minimum Gasteiger partial charge on any atom is -0.354 e. The van der Waals surface area contributed by atoms with Gasteiger partial charge in [0.05, 0.1) is 5.69 Å². The zero-order chi connectivity index (χ0) is 22.6. The van der Waals surface area contributed by atoms with Crippen molar-refractivity contribution in [3.05, 3.63) is 88.7 Å². The minimum absolute atomic E-state index is 0.0803. The largest absolute Gasteiger partial charge is 0.354 e. The van der Waals surface area contributed by atoms with Crippen LogP contribution in [0.3, 0.4) is 0 Å². The number of carbonyl (C=O) groups excluding carboxylic acids is 1. The molecule has 168 valence electrons. The second-order valence-corrected chi connectivity index (χ2v) is 7.90. The molecular formula is C26H32N4O2. The standard InChI is InChI=1S/C26H32N4O2/c1-2-3-18-29(20-22-11-6-4-7-12-22)19-10-17-27-25(31)21-30-26(32)16-15-24(28-30)23-13-8-5-9-14-23/h4-9,11-16H,2-3,10,17-21H2,1H3,(H,27,31). The molecule has 0 bridgehead atoms. The van der Waals surface area contributed by atoms with Gasteiger partial charge in [-0.2, -0.15) is 5.10 Å². The van der Waals surface area contributed by atoms with Crippen LogP contribution >= 0.6 is 0 Å². The van der Waals surface area contributed by atoms with Gasteiger partial charge in [0, 0.05) is 31.3 Å². The Balaban J connectivity index is 1.48. The van der Waals surface area contributed by atoms with Crippen molar-refractivity contribution in [2.75, 3.05) is 19.6 Å². The molecule has 3 rings (SSSR count). The van der Waals surface area contributed by atoms with Crippen molar-refractivity contribution >= 4 is 5.91 Å². The molecule has 3 aromatic rings. The summed E-state index contributed by atoms with van der Waals surface area (Å²) in [5.74, 6) is -0.201. The molecule has 0 aliphatic rings. The van der Waals surface area contributed by atoms with Gasteiger partial charge >= 0.3 is 0 Å². The predicted octanol–water partition coefficient (Wildman–Crippen LogP) is 3.72. The summed E-state index contributed by atoms with van der Waals surface area (Å²) in [6.07, 6.45) is 3.17. The Labute approximate surface area is 189 Å². The van der Waals surface area contributed by atoms with Gasteiger partial charge in [-0.3, -0.25) is 14.5 Å². The Bertz CT molecular complexity index is 1020. The number of nitrogens with one attached hydrogen (secondary N) is 1. The number of unbranched alkanes of at least 4 members (excludes halogenated alkanes) is 1. The predicted molar refractivity (Wildman–Crippen MR) is 128 cm³/mol. The first kappa shape index (κ1) is 23.4. The van der Waals surface area contributed by atoms with Gasteiger partial charge in [-0.15, -0.1) is 0 Å². The van der Waals surface area contributed by atoms with E-state index in [2.05, 4.69) is 46.5 Å². The van der Waals surface area contributed by atoms with Crippen LogP contribution in [0.25, 0.3) is 11.3 Å². The fraction of sp³-hybridized carbons (Fsp3) is 0.346. The van der Waals surface area contributed by atoms with Gasteiger partial charge in [-0.1, -0.05) is 74.0 Å². The van der Waals surface area contributed by atoms with Gasteiger partial charge in [0.2, 0.25) is 5.91 Å². The molecule has 1 N–H and O–H groups in total. The molecule has 0 aliphatic heterocycles. The molecule has 0 unspecified atom stereocenters. The third kappa shape index (κ3) is 7.46. The van der Waals surface area contributed by atoms with E-state index >= 15 is 0 Å². The van der Waals surface area contributed by atoms with Crippen LogP contribution in [-0.4, -0.2) is 40.2 Å². The maximum Gasteiger partial charge on any atom is 0.267 e. The Morgan fingerprint density at radius 1 is 0.938 bits per heavy atom. The molecule has 2 aromatic carbocycles. The lowest BCUT2D eigenvalue weighted by Gasteiger charge is -2.22. The van der Waals surface area contributed by atoms with Gasteiger partial charge in [-0.05, 0) is 31.0 Å². The van der Waals surface area contributed by atoms with Crippen molar-refractivity contribution in [2.45, 2.75) is 39.3 Å². The minimum atomic E-state index is -0.284. The molecule has 1 heterocycles. The molecule has 0 spiro atoms. The first-order valence-corrected chi connectivity index (χ1v) is 11.3. The van der Waals surface area contributed by atoms with E-state index in [1.807, 2.05) is 36.4 Å². The second kappa shape index (κ2) is 12.6. The molecular weight excluding hydrogens is 400 g/mol. The maximum atomic E-state index is 12.4. The highest BCUT2D eigenvalue weighted by molar-refractivity contribution is 5.75. The monoisotopic (exact) mass is 432 g/mol. The van der Waals surface area contributed by atoms with Crippen molar-refractivity contribution in [1.82, 2.24) is 20.0 Å². The molecule has 1 aromatic heterocycles. The van der Waals surface area contributed by atoms with Gasteiger partial charge in [0.15, 0.2) is 0 Å². The molecule has 6 nitrogen and oxygen atoms in total. The quantitative estimate of drug-likeness (QED) is 0.443. The molecule has 0 radical (unpaired) electrons. The van der Waals surface area contributed by atoms with Crippen molar-refractivity contribution in [1.29, 1.82) is 0 Å². The van der Waals surface area contributed by atoms with Crippen LogP contribution in [0.2, 0.25) is 0 Å². The highest BCUT2D eigenvalue weighted by Crippen LogP contribution is 2.13. The number of aromatic nitrogens is 2. The second-order valence-electron chi connectivity index (χ2n) is 7.90. The summed E-state index contributed by atoms with van der Waals surface area (Å²) in [7, 11) is 0. The topological polar surface area (TPSA) is 67.2 Å². The number of hydrogen-bond donors (Lipinski definition) is 1. The molecule has 1 amide bonds. The van der Waals surface area contributed by atoms with E-state index in [1.165, 1.54) is 16.3 Å². The first-order chi connectivity index (χ1) is 15.7. The summed E-state index contributed by atoms with van der Waals surface area (Å²) in [4.78, 5) is 27.0. The van der Waals surface area contributed by atoms with E-state index in [0.29, 0.717) is 12.2 Å². The fourth-order valence-corrected chi connectivity index (χ4v) is 3.54. The molecule has 0 saturated carbocycles. The number of rotatable bonds is 12. The lowest BCUT2D eigenvalue weighted by molar-refractivity contribution is -0.121. The van der Waals surface area contributed by atoms with E-state index in [0.717, 1.165) is 44.5 Å². The number of amides is 1. The summed E-state index contributed by atoms with van der Waals surface area (Å²) < 4.78 is 1.22. The van der Waals surface area contributed by atoms with Gasteiger partial charge in [-0.25, -0.2) is 4.68 Å². The zero-order valence-corrected chi connectivity index (χ0v) is 18.7. The van der Waals surface area contributed by atoms with Gasteiger partial charge in [0.25, 0.3) is 5.56 Å². The number of nitrogens with zero attached hydrogens (tertiary/aromatic N) is 3. The highest BCUT2D eigenvalue weighted by Gasteiger charge is 2.09. The van der Waals surface area contributed by atoms with Crippen molar-refractivity contribution in [2.24, 2.45) is 0 Å². The van der Waals surface area contributed by atoms with E-state index in [4.69, 9.17) is 0 Å². The zero-order valence-electron chi connectivity index (χ0n) is 18.7. The SMILES string of the molecule is CCCCN(CCCNC(=O)Cn1nc(-c2ccccc2)ccc1=O)Cc1ccccc1. The van der Waals surface area contributed by atoms with Crippen LogP contribution in [0.1, 0.15) is 31.7 Å². The molecule has 0 atom stereocenters. The molecule has 0 fully saturated rings. The van der Waals surface area contributed by atoms with Crippen molar-refractivity contribution < 1.29 is 4.79 Å². The molecule has 0 aliphatic carbocycles. The van der Waals surface area contributed by atoms with Crippen LogP contribution in [0, 0.1) is 0 Å². The van der Waals surface area contributed by atoms with Gasteiger partial charge < -0.3 is 5.32 Å². The average Bonchev–Trinajstić information content (AvgIpc) is 2.82. The number of hydrogen-bond acceptors (Lipinski definition) is 4. The highest BCUT2D eigenvalue weighted by atomic mass is 16.2. The molecule has 32 heavy (non-hydrogen) atoms. The summed E-state index contributed by atoms with van der Waals surface area (Å²) in [5.41, 5.74) is 2.60. The van der Waals surface area contributed by atoms with E-state index < -0.39 is 0 Å². The van der Waals surface area contributed by atoms with Gasteiger partial charge in [0.1, 0.15) is 6.54 Å². The van der Waals surface area contributed by atoms with Crippen LogP contribution in [-0.2, 0) is 17.9 Å². The van der Waals surface area contributed by atoms with Crippen LogP contribution in [0.5, 0.6) is 0 Å². The van der Waals surface area contributed by atoms with E-state index in [9.17, 15) is 9.59 Å². The Morgan fingerprint density at radius 3 is 2.34 bits per heavy atom. The van der Waals surface area contributed by atoms with Crippen LogP contribution in [0.4, 0.5) is 0 Å². The normalized spacial score (nSPS) is 10.9. The maximum absolute atomic E-state index is 12.4. The van der Waals surface area contributed by atoms with Crippen LogP contribution in [0.15, 0.2) is 77.6 Å². The average molecular weight is 433 g/mol. The Kier molecular flexibility index (Phi) is 9.20. The van der Waals surface area contributed by atoms with E-state index in [-0.39, 0.29) is 18.0 Å². The fourth-order valence-electron chi connectivity index (χ4n) is 3.54. The number of benzene rings is 2. The van der Waals surface area contributed by atoms with Crippen molar-refractivity contribution in [3.8, 4) is 11.3 Å². The number of carbonyl (C=O) groups is 1. The summed E-state index contributed by atoms with van der Waals surface area (Å²) in [5, 5.41) is 7.28. The third-order valence-electron chi connectivity index (χ3n) is 5.28. The van der Waals surface area contributed by atoms with Crippen LogP contribution < -0.4 is 10.9 Å². The summed E-state index contributed by atoms with van der Waals surface area (Å²) in [6, 6.07) is 23.2. The lowest BCUT2D eigenvalue weighted by atomic mass is 10.1. The molecule has 0 saturated heterocycles. The van der Waals surface area contributed by atoms with Crippen molar-refractivity contribution in [3.63, 3.8) is 0 Å². The summed E-state index contributed by atoms with van der Waals surface area (Å²) in [6.45, 7) is 5.57.